The van der Waals surface area contributed by atoms with E-state index in [1.807, 2.05) is 0 Å². The van der Waals surface area contributed by atoms with E-state index in [1.165, 1.54) is 22.6 Å². The first-order valence-corrected chi connectivity index (χ1v) is 22.1. The normalized spacial score (nSPS) is 25.2. The van der Waals surface area contributed by atoms with Crippen LogP contribution in [0, 0.1) is 0 Å². The fraction of sp³-hybridized carbons (Fsp3) is 1.00. The Labute approximate surface area is 219 Å². The first-order valence-electron chi connectivity index (χ1n) is 14.4. The molecule has 4 saturated carbocycles. The van der Waals surface area contributed by atoms with Crippen molar-refractivity contribution in [2.45, 2.75) is 157 Å². The van der Waals surface area contributed by atoms with E-state index in [2.05, 4.69) is 0 Å². The third-order valence-corrected chi connectivity index (χ3v) is 17.8. The van der Waals surface area contributed by atoms with Crippen molar-refractivity contribution in [3.8, 4) is 0 Å². The Kier molecular flexibility index (Phi) is 15.7. The molecule has 4 aliphatic carbocycles. The molecular weight excluding hydrogens is 564 g/mol. The molecule has 0 aromatic rings. The van der Waals surface area contributed by atoms with E-state index in [0.717, 1.165) is 0 Å². The molecule has 0 unspecified atom stereocenters. The van der Waals surface area contributed by atoms with E-state index < -0.39 is 0 Å². The predicted octanol–water partition coefficient (Wildman–Crippen LogP) is 10.5. The van der Waals surface area contributed by atoms with Crippen LogP contribution < -0.4 is 0 Å². The van der Waals surface area contributed by atoms with Crippen LogP contribution >= 0.6 is 34.9 Å². The van der Waals surface area contributed by atoms with E-state index >= 15 is 0 Å². The molecule has 5 heteroatoms. The maximum atomic E-state index is 4.81. The van der Waals surface area contributed by atoms with Gasteiger partial charge in [0.25, 0.3) is 0 Å². The topological polar surface area (TPSA) is 0 Å². The van der Waals surface area contributed by atoms with Crippen molar-refractivity contribution in [3.05, 3.63) is 0 Å². The van der Waals surface area contributed by atoms with Crippen LogP contribution in [-0.4, -0.2) is 35.0 Å². The summed E-state index contributed by atoms with van der Waals surface area (Å²) in [7, 11) is 9.46. The van der Waals surface area contributed by atoms with Crippen LogP contribution in [0.25, 0.3) is 0 Å². The van der Waals surface area contributed by atoms with Gasteiger partial charge >= 0.3 is 35.0 Å². The second-order valence-corrected chi connectivity index (χ2v) is 20.3. The van der Waals surface area contributed by atoms with Crippen molar-refractivity contribution in [1.29, 1.82) is 0 Å². The molecule has 0 saturated heterocycles. The van der Waals surface area contributed by atoms with Gasteiger partial charge in [0.1, 0.15) is 0 Å². The summed E-state index contributed by atoms with van der Waals surface area (Å²) in [5.41, 5.74) is 4.88. The molecule has 0 atom stereocenters. The molecule has 0 spiro atoms. The second-order valence-electron chi connectivity index (χ2n) is 11.4. The van der Waals surface area contributed by atoms with Gasteiger partial charge in [-0.1, -0.05) is 25.7 Å². The van der Waals surface area contributed by atoms with E-state index in [9.17, 15) is 0 Å². The zero-order valence-corrected chi connectivity index (χ0v) is 25.7. The van der Waals surface area contributed by atoms with Gasteiger partial charge in [-0.2, -0.15) is 0 Å². The number of rotatable bonds is 8. The average molecular weight is 616 g/mol. The molecule has 4 aliphatic rings. The molecule has 192 valence electrons. The molecule has 4 rings (SSSR count). The van der Waals surface area contributed by atoms with Crippen LogP contribution in [0.4, 0.5) is 0 Å². The number of halogens is 2. The van der Waals surface area contributed by atoms with E-state index in [0.29, 0.717) is 0 Å². The molecule has 0 heterocycles. The van der Waals surface area contributed by atoms with E-state index in [-0.39, 0.29) is 31.8 Å². The Bertz CT molecular complexity index is 381. The summed E-state index contributed by atoms with van der Waals surface area (Å²) in [6.07, 6.45) is 37.0. The molecule has 0 radical (unpaired) electrons. The van der Waals surface area contributed by atoms with Crippen molar-refractivity contribution in [2.24, 2.45) is 0 Å². The Hall–Kier alpha value is 2.10. The van der Waals surface area contributed by atoms with Crippen molar-refractivity contribution >= 4 is 34.9 Å². The Morgan fingerprint density at radius 2 is 0.656 bits per heavy atom. The van der Waals surface area contributed by atoms with Crippen molar-refractivity contribution in [2.75, 3.05) is 12.3 Å². The van der Waals surface area contributed by atoms with Gasteiger partial charge in [-0.25, -0.2) is 0 Å². The van der Waals surface area contributed by atoms with Gasteiger partial charge in [0.15, 0.2) is 0 Å². The third-order valence-electron chi connectivity index (χ3n) is 9.45. The Morgan fingerprint density at radius 3 is 0.875 bits per heavy atom. The molecule has 4 fully saturated rings. The van der Waals surface area contributed by atoms with Crippen molar-refractivity contribution in [3.63, 3.8) is 0 Å². The van der Waals surface area contributed by atoms with Crippen molar-refractivity contribution in [1.82, 2.24) is 0 Å². The molecule has 0 bridgehead atoms. The van der Waals surface area contributed by atoms with E-state index in [4.69, 9.17) is 19.1 Å². The summed E-state index contributed by atoms with van der Waals surface area (Å²) in [4.78, 5) is 0. The maximum absolute atomic E-state index is 4.81. The fourth-order valence-electron chi connectivity index (χ4n) is 7.87. The quantitative estimate of drug-likeness (QED) is 0.188. The van der Waals surface area contributed by atoms with Crippen LogP contribution in [0.3, 0.4) is 0 Å². The van der Waals surface area contributed by atoms with Gasteiger partial charge in [0, 0.05) is 22.3 Å². The van der Waals surface area contributed by atoms with Gasteiger partial charge in [-0.15, -0.1) is 0 Å². The van der Waals surface area contributed by atoms with Crippen LogP contribution in [0.5, 0.6) is 0 Å². The Morgan fingerprint density at radius 1 is 0.438 bits per heavy atom. The first-order chi connectivity index (χ1) is 15.8. The predicted molar refractivity (Wildman–Crippen MR) is 150 cm³/mol. The molecule has 0 N–H and O–H groups in total. The van der Waals surface area contributed by atoms with Gasteiger partial charge in [-0.05, 0) is 103 Å². The summed E-state index contributed by atoms with van der Waals surface area (Å²) < 4.78 is 0. The fourth-order valence-corrected chi connectivity index (χ4v) is 17.0. The Balaban J connectivity index is 0.000000913. The summed E-state index contributed by atoms with van der Waals surface area (Å²) in [6, 6.07) is 0. The monoisotopic (exact) mass is 614 g/mol. The van der Waals surface area contributed by atoms with Gasteiger partial charge in [0.05, 0.1) is 35.0 Å². The molecule has 32 heavy (non-hydrogen) atoms. The molecule has 0 aromatic heterocycles. The van der Waals surface area contributed by atoms with Crippen LogP contribution in [0.2, 0.25) is 0 Å². The standard InChI is InChI=1S/C27H50P2.2ClH.Pd/c1-5-14-24(15-6-1)28(25-16-7-2-8-17-25)22-13-23-29(26-18-9-3-10-19-26)27-20-11-4-12-21-27;;;/h24-27H,1-23H2;2*1H;/q;;;+2. The summed E-state index contributed by atoms with van der Waals surface area (Å²) >= 11 is -0.106. The zero-order valence-electron chi connectivity index (χ0n) is 20.6. The van der Waals surface area contributed by atoms with Crippen molar-refractivity contribution < 1.29 is 15.9 Å². The minimum atomic E-state index is -0.106. The SMILES string of the molecule is C1CCC([PH+](CCC[PH+](C2CCCCC2)C2CCCCC2)C2CCCCC2)CC1.[Cl][Pd][Cl]. The molecular formula is C27H52Cl2P2Pd+2. The van der Waals surface area contributed by atoms with Crippen LogP contribution in [-0.2, 0) is 15.9 Å². The minimum absolute atomic E-state index is 0.0851. The summed E-state index contributed by atoms with van der Waals surface area (Å²) in [6.45, 7) is 0. The van der Waals surface area contributed by atoms with Gasteiger partial charge in [0.2, 0.25) is 0 Å². The van der Waals surface area contributed by atoms with Crippen LogP contribution in [0.15, 0.2) is 0 Å². The second kappa shape index (κ2) is 17.5. The van der Waals surface area contributed by atoms with E-state index in [1.54, 1.807) is 147 Å². The zero-order chi connectivity index (χ0) is 22.4. The molecule has 0 nitrogen and oxygen atoms in total. The summed E-state index contributed by atoms with van der Waals surface area (Å²) in [5.74, 6) is 0. The number of hydrogen-bond donors (Lipinski definition) is 0. The van der Waals surface area contributed by atoms with Gasteiger partial charge in [-0.3, -0.25) is 0 Å². The number of hydrogen-bond acceptors (Lipinski definition) is 0. The first kappa shape index (κ1) is 28.7. The van der Waals surface area contributed by atoms with Gasteiger partial charge < -0.3 is 0 Å². The third kappa shape index (κ3) is 9.87. The molecule has 0 aliphatic heterocycles. The molecule has 0 aromatic carbocycles. The average Bonchev–Trinajstić information content (AvgIpc) is 2.87. The molecule has 0 amide bonds. The van der Waals surface area contributed by atoms with Crippen LogP contribution in [0.1, 0.15) is 135 Å². The summed E-state index contributed by atoms with van der Waals surface area (Å²) in [5, 5.41) is 0.